The minimum Gasteiger partial charge on any atom is -0.478 e. The van der Waals surface area contributed by atoms with Crippen LogP contribution in [0.2, 0.25) is 0 Å². The van der Waals surface area contributed by atoms with E-state index in [-0.39, 0.29) is 34.2 Å². The second-order valence-corrected chi connectivity index (χ2v) is 7.97. The molecule has 0 saturated carbocycles. The lowest BCUT2D eigenvalue weighted by atomic mass is 10.1. The van der Waals surface area contributed by atoms with E-state index in [4.69, 9.17) is 4.74 Å². The summed E-state index contributed by atoms with van der Waals surface area (Å²) in [6, 6.07) is 4.55. The zero-order chi connectivity index (χ0) is 20.8. The lowest BCUT2D eigenvalue weighted by Gasteiger charge is -2.07. The molecule has 0 amide bonds. The van der Waals surface area contributed by atoms with Gasteiger partial charge in [0.25, 0.3) is 5.88 Å². The molecular weight excluding hydrogens is 404 g/mol. The Morgan fingerprint density at radius 1 is 1.07 bits per heavy atom. The highest BCUT2D eigenvalue weighted by molar-refractivity contribution is 7.90. The normalized spacial score (nSPS) is 11.7. The van der Waals surface area contributed by atoms with Gasteiger partial charge in [0.15, 0.2) is 0 Å². The molecule has 3 aromatic heterocycles. The van der Waals surface area contributed by atoms with Crippen LogP contribution in [0.15, 0.2) is 48.0 Å². The number of fused-ring (bicyclic) bond motifs is 1. The van der Waals surface area contributed by atoms with Crippen LogP contribution >= 0.6 is 0 Å². The van der Waals surface area contributed by atoms with Crippen LogP contribution in [0.1, 0.15) is 0 Å². The van der Waals surface area contributed by atoms with Crippen LogP contribution < -0.4 is 4.74 Å². The monoisotopic (exact) mass is 417 g/mol. The van der Waals surface area contributed by atoms with Gasteiger partial charge in [-0.25, -0.2) is 37.1 Å². The first-order valence-corrected chi connectivity index (χ1v) is 10.1. The molecule has 0 aliphatic carbocycles. The molecule has 148 valence electrons. The molecule has 0 radical (unpaired) electrons. The number of methoxy groups -OCH3 is 1. The minimum atomic E-state index is -3.69. The van der Waals surface area contributed by atoms with E-state index in [0.29, 0.717) is 0 Å². The molecule has 11 heteroatoms. The number of aromatic nitrogens is 5. The Bertz CT molecular complexity index is 1360. The molecule has 0 aliphatic heterocycles. The lowest BCUT2D eigenvalue weighted by molar-refractivity contribution is 0.400. The van der Waals surface area contributed by atoms with Gasteiger partial charge in [0, 0.05) is 36.5 Å². The molecule has 0 fully saturated rings. The fraction of sp³-hybridized carbons (Fsp3) is 0.111. The van der Waals surface area contributed by atoms with Crippen LogP contribution in [0.3, 0.4) is 0 Å². The van der Waals surface area contributed by atoms with E-state index < -0.39 is 26.6 Å². The molecule has 1 aromatic carbocycles. The van der Waals surface area contributed by atoms with Crippen molar-refractivity contribution in [1.29, 1.82) is 0 Å². The molecule has 0 N–H and O–H groups in total. The molecule has 4 aromatic rings. The van der Waals surface area contributed by atoms with Gasteiger partial charge in [0.05, 0.1) is 18.5 Å². The lowest BCUT2D eigenvalue weighted by Crippen LogP contribution is -2.05. The summed E-state index contributed by atoms with van der Waals surface area (Å²) in [7, 11) is -2.28. The highest BCUT2D eigenvalue weighted by Crippen LogP contribution is 2.35. The molecule has 4 rings (SSSR count). The fourth-order valence-corrected chi connectivity index (χ4v) is 3.38. The predicted octanol–water partition coefficient (Wildman–Crippen LogP) is 2.54. The van der Waals surface area contributed by atoms with Crippen molar-refractivity contribution in [2.75, 3.05) is 13.4 Å². The third kappa shape index (κ3) is 3.29. The highest BCUT2D eigenvalue weighted by atomic mass is 32.2. The van der Waals surface area contributed by atoms with Gasteiger partial charge in [-0.05, 0) is 18.2 Å². The zero-order valence-electron chi connectivity index (χ0n) is 15.2. The Hall–Kier alpha value is -3.47. The topological polar surface area (TPSA) is 99.3 Å². The summed E-state index contributed by atoms with van der Waals surface area (Å²) in [4.78, 5) is 16.4. The summed E-state index contributed by atoms with van der Waals surface area (Å²) in [6.07, 6.45) is 5.25. The molecule has 0 atom stereocenters. The van der Waals surface area contributed by atoms with Crippen LogP contribution in [-0.4, -0.2) is 46.1 Å². The Kier molecular flexibility index (Phi) is 4.46. The smallest absolute Gasteiger partial charge is 0.258 e. The summed E-state index contributed by atoms with van der Waals surface area (Å²) >= 11 is 0. The summed E-state index contributed by atoms with van der Waals surface area (Å²) in [5.74, 6) is -1.41. The highest BCUT2D eigenvalue weighted by Gasteiger charge is 2.23. The first kappa shape index (κ1) is 18.9. The Morgan fingerprint density at radius 3 is 2.55 bits per heavy atom. The van der Waals surface area contributed by atoms with Gasteiger partial charge in [-0.3, -0.25) is 4.40 Å². The first-order chi connectivity index (χ1) is 13.8. The average Bonchev–Trinajstić information content (AvgIpc) is 3.06. The first-order valence-electron chi connectivity index (χ1n) is 8.19. The van der Waals surface area contributed by atoms with Crippen LogP contribution in [0.5, 0.6) is 5.88 Å². The number of ether oxygens (including phenoxy) is 1. The maximum atomic E-state index is 14.5. The van der Waals surface area contributed by atoms with Gasteiger partial charge in [0.1, 0.15) is 17.3 Å². The number of benzene rings is 1. The SMILES string of the molecule is COc1nccn2c(-c3ccnc(S(C)(=O)=O)n3)c(-c3ccc(F)cc3F)nc12. The molecule has 0 unspecified atom stereocenters. The molecule has 0 aliphatic rings. The van der Waals surface area contributed by atoms with Crippen LogP contribution in [0, 0.1) is 11.6 Å². The predicted molar refractivity (Wildman–Crippen MR) is 99.0 cm³/mol. The molecule has 29 heavy (non-hydrogen) atoms. The van der Waals surface area contributed by atoms with Gasteiger partial charge < -0.3 is 4.74 Å². The second-order valence-electron chi connectivity index (χ2n) is 6.06. The van der Waals surface area contributed by atoms with Crippen molar-refractivity contribution in [1.82, 2.24) is 24.3 Å². The van der Waals surface area contributed by atoms with Crippen molar-refractivity contribution in [3.05, 3.63) is 54.5 Å². The van der Waals surface area contributed by atoms with Gasteiger partial charge in [-0.1, -0.05) is 0 Å². The summed E-state index contributed by atoms with van der Waals surface area (Å²) in [5, 5.41) is -0.392. The number of imidazole rings is 1. The average molecular weight is 417 g/mol. The molecule has 0 spiro atoms. The van der Waals surface area contributed by atoms with E-state index in [0.717, 1.165) is 18.4 Å². The zero-order valence-corrected chi connectivity index (χ0v) is 16.0. The van der Waals surface area contributed by atoms with Gasteiger partial charge >= 0.3 is 0 Å². The summed E-state index contributed by atoms with van der Waals surface area (Å²) in [5.41, 5.74) is 0.834. The van der Waals surface area contributed by atoms with E-state index in [2.05, 4.69) is 19.9 Å². The Balaban J connectivity index is 2.10. The quantitative estimate of drug-likeness (QED) is 0.471. The van der Waals surface area contributed by atoms with Crippen molar-refractivity contribution < 1.29 is 21.9 Å². The van der Waals surface area contributed by atoms with Gasteiger partial charge in [-0.2, -0.15) is 0 Å². The summed E-state index contributed by atoms with van der Waals surface area (Å²) < 4.78 is 58.5. The fourth-order valence-electron chi connectivity index (χ4n) is 2.86. The molecular formula is C18H13F2N5O3S. The Morgan fingerprint density at radius 2 is 1.86 bits per heavy atom. The third-order valence-corrected chi connectivity index (χ3v) is 4.96. The maximum Gasteiger partial charge on any atom is 0.258 e. The summed E-state index contributed by atoms with van der Waals surface area (Å²) in [6.45, 7) is 0. The van der Waals surface area contributed by atoms with Crippen LogP contribution in [0.4, 0.5) is 8.78 Å². The number of nitrogens with zero attached hydrogens (tertiary/aromatic N) is 5. The number of sulfone groups is 1. The third-order valence-electron chi connectivity index (χ3n) is 4.10. The maximum absolute atomic E-state index is 14.5. The second kappa shape index (κ2) is 6.85. The molecule has 0 bridgehead atoms. The standard InChI is InChI=1S/C18H13F2N5O3S/c1-28-17-16-24-14(11-4-3-10(19)9-12(11)20)15(25(16)8-7-21-17)13-5-6-22-18(23-13)29(2,26)27/h3-9H,1-2H3. The van der Waals surface area contributed by atoms with Crippen molar-refractivity contribution in [2.45, 2.75) is 5.16 Å². The van der Waals surface area contributed by atoms with Crippen molar-refractivity contribution >= 4 is 15.5 Å². The van der Waals surface area contributed by atoms with E-state index in [9.17, 15) is 17.2 Å². The number of hydrogen-bond donors (Lipinski definition) is 0. The number of halogens is 2. The van der Waals surface area contributed by atoms with Crippen LogP contribution in [-0.2, 0) is 9.84 Å². The largest absolute Gasteiger partial charge is 0.478 e. The van der Waals surface area contributed by atoms with Crippen molar-refractivity contribution in [2.24, 2.45) is 0 Å². The number of rotatable bonds is 4. The Labute approximate surface area is 163 Å². The van der Waals surface area contributed by atoms with E-state index in [1.165, 1.54) is 31.6 Å². The van der Waals surface area contributed by atoms with Crippen molar-refractivity contribution in [3.63, 3.8) is 0 Å². The molecule has 0 saturated heterocycles. The van der Waals surface area contributed by atoms with Crippen LogP contribution in [0.25, 0.3) is 28.3 Å². The van der Waals surface area contributed by atoms with Gasteiger partial charge in [-0.15, -0.1) is 0 Å². The van der Waals surface area contributed by atoms with Crippen molar-refractivity contribution in [3.8, 4) is 28.5 Å². The van der Waals surface area contributed by atoms with Gasteiger partial charge in [0.2, 0.25) is 20.6 Å². The molecule has 8 nitrogen and oxygen atoms in total. The van der Waals surface area contributed by atoms with E-state index in [1.807, 2.05) is 0 Å². The van der Waals surface area contributed by atoms with E-state index >= 15 is 0 Å². The minimum absolute atomic E-state index is 0.00618. The molecule has 3 heterocycles. The number of hydrogen-bond acceptors (Lipinski definition) is 7. The van der Waals surface area contributed by atoms with E-state index in [1.54, 1.807) is 10.6 Å².